The van der Waals surface area contributed by atoms with Crippen LogP contribution >= 0.6 is 39.1 Å². The Hall–Kier alpha value is 0.0800. The predicted octanol–water partition coefficient (Wildman–Crippen LogP) is 5.75. The molecule has 1 aromatic carbocycles. The minimum Gasteiger partial charge on any atom is -0.380 e. The molecule has 0 radical (unpaired) electrons. The van der Waals surface area contributed by atoms with Crippen molar-refractivity contribution in [2.24, 2.45) is 5.92 Å². The van der Waals surface area contributed by atoms with Crippen LogP contribution in [-0.4, -0.2) is 6.04 Å². The quantitative estimate of drug-likeness (QED) is 0.741. The van der Waals surface area contributed by atoms with Crippen LogP contribution in [0.1, 0.15) is 32.6 Å². The molecule has 1 aliphatic rings. The maximum absolute atomic E-state index is 6.21. The van der Waals surface area contributed by atoms with Crippen LogP contribution in [0, 0.1) is 5.92 Å². The zero-order chi connectivity index (χ0) is 12.4. The van der Waals surface area contributed by atoms with Crippen LogP contribution in [0.5, 0.6) is 0 Å². The Labute approximate surface area is 121 Å². The second-order valence-corrected chi connectivity index (χ2v) is 6.45. The lowest BCUT2D eigenvalue weighted by Crippen LogP contribution is -2.24. The lowest BCUT2D eigenvalue weighted by molar-refractivity contribution is 0.482. The summed E-state index contributed by atoms with van der Waals surface area (Å²) in [4.78, 5) is 0. The zero-order valence-corrected chi connectivity index (χ0v) is 12.9. The van der Waals surface area contributed by atoms with E-state index in [0.717, 1.165) is 16.1 Å². The summed E-state index contributed by atoms with van der Waals surface area (Å²) in [5.74, 6) is 0.741. The number of nitrogens with one attached hydrogen (secondary N) is 1. The van der Waals surface area contributed by atoms with Gasteiger partial charge in [0.2, 0.25) is 0 Å². The number of halogens is 3. The van der Waals surface area contributed by atoms with Crippen molar-refractivity contribution in [3.8, 4) is 0 Å². The second kappa shape index (κ2) is 5.81. The molecule has 0 aromatic heterocycles. The standard InChI is InChI=1S/C13H16BrCl2N/c1-8(9-4-2-3-5-9)17-13-11(15)6-10(14)7-12(13)16/h6-9,17H,2-5H2,1H3. The van der Waals surface area contributed by atoms with Gasteiger partial charge in [-0.2, -0.15) is 0 Å². The average Bonchev–Trinajstić information content (AvgIpc) is 2.76. The van der Waals surface area contributed by atoms with Gasteiger partial charge in [-0.3, -0.25) is 0 Å². The number of anilines is 1. The molecule has 0 spiro atoms. The van der Waals surface area contributed by atoms with E-state index >= 15 is 0 Å². The summed E-state index contributed by atoms with van der Waals surface area (Å²) in [6, 6.07) is 4.17. The molecular formula is C13H16BrCl2N. The second-order valence-electron chi connectivity index (χ2n) is 4.72. The highest BCUT2D eigenvalue weighted by atomic mass is 79.9. The molecule has 1 N–H and O–H groups in total. The first-order valence-electron chi connectivity index (χ1n) is 5.99. The van der Waals surface area contributed by atoms with Crippen LogP contribution in [0.3, 0.4) is 0 Å². The molecule has 1 atom stereocenters. The lowest BCUT2D eigenvalue weighted by atomic mass is 9.99. The molecule has 0 amide bonds. The van der Waals surface area contributed by atoms with Crippen molar-refractivity contribution < 1.29 is 0 Å². The molecule has 2 rings (SSSR count). The van der Waals surface area contributed by atoms with Crippen molar-refractivity contribution >= 4 is 44.8 Å². The van der Waals surface area contributed by atoms with Crippen LogP contribution in [0.2, 0.25) is 10.0 Å². The van der Waals surface area contributed by atoms with Gasteiger partial charge >= 0.3 is 0 Å². The number of rotatable bonds is 3. The summed E-state index contributed by atoms with van der Waals surface area (Å²) in [5, 5.41) is 4.81. The van der Waals surface area contributed by atoms with Crippen molar-refractivity contribution in [2.75, 3.05) is 5.32 Å². The summed E-state index contributed by atoms with van der Waals surface area (Å²) < 4.78 is 0.909. The highest BCUT2D eigenvalue weighted by Gasteiger charge is 2.22. The van der Waals surface area contributed by atoms with Gasteiger partial charge in [-0.1, -0.05) is 52.0 Å². The van der Waals surface area contributed by atoms with Crippen molar-refractivity contribution in [1.82, 2.24) is 0 Å². The average molecular weight is 337 g/mol. The first-order chi connectivity index (χ1) is 8.08. The Morgan fingerprint density at radius 1 is 1.24 bits per heavy atom. The van der Waals surface area contributed by atoms with Crippen molar-refractivity contribution in [3.63, 3.8) is 0 Å². The highest BCUT2D eigenvalue weighted by molar-refractivity contribution is 9.10. The van der Waals surface area contributed by atoms with Crippen molar-refractivity contribution in [2.45, 2.75) is 38.6 Å². The Kier molecular flexibility index (Phi) is 4.62. The van der Waals surface area contributed by atoms with E-state index in [-0.39, 0.29) is 0 Å². The molecular weight excluding hydrogens is 321 g/mol. The highest BCUT2D eigenvalue weighted by Crippen LogP contribution is 2.36. The number of benzene rings is 1. The molecule has 0 aliphatic heterocycles. The summed E-state index contributed by atoms with van der Waals surface area (Å²) in [7, 11) is 0. The van der Waals surface area contributed by atoms with Crippen LogP contribution in [0.15, 0.2) is 16.6 Å². The van der Waals surface area contributed by atoms with E-state index in [9.17, 15) is 0 Å². The number of hydrogen-bond donors (Lipinski definition) is 1. The topological polar surface area (TPSA) is 12.0 Å². The maximum atomic E-state index is 6.21. The minimum absolute atomic E-state index is 0.425. The van der Waals surface area contributed by atoms with Gasteiger partial charge in [-0.05, 0) is 37.8 Å². The summed E-state index contributed by atoms with van der Waals surface area (Å²) >= 11 is 15.8. The van der Waals surface area contributed by atoms with E-state index in [4.69, 9.17) is 23.2 Å². The zero-order valence-electron chi connectivity index (χ0n) is 9.77. The SMILES string of the molecule is CC(Nc1c(Cl)cc(Br)cc1Cl)C1CCCC1. The van der Waals surface area contributed by atoms with Gasteiger partial charge in [0, 0.05) is 10.5 Å². The lowest BCUT2D eigenvalue weighted by Gasteiger charge is -2.23. The molecule has 1 aliphatic carbocycles. The molecule has 0 saturated heterocycles. The maximum Gasteiger partial charge on any atom is 0.0721 e. The van der Waals surface area contributed by atoms with Crippen LogP contribution in [0.4, 0.5) is 5.69 Å². The Balaban J connectivity index is 2.12. The minimum atomic E-state index is 0.425. The van der Waals surface area contributed by atoms with Gasteiger partial charge in [0.1, 0.15) is 0 Å². The largest absolute Gasteiger partial charge is 0.380 e. The van der Waals surface area contributed by atoms with Gasteiger partial charge in [0.15, 0.2) is 0 Å². The van der Waals surface area contributed by atoms with Crippen LogP contribution in [0.25, 0.3) is 0 Å². The third-order valence-electron chi connectivity index (χ3n) is 3.49. The van der Waals surface area contributed by atoms with E-state index in [0.29, 0.717) is 16.1 Å². The molecule has 0 bridgehead atoms. The first kappa shape index (κ1) is 13.5. The van der Waals surface area contributed by atoms with Crippen molar-refractivity contribution in [1.29, 1.82) is 0 Å². The Morgan fingerprint density at radius 3 is 2.29 bits per heavy atom. The monoisotopic (exact) mass is 335 g/mol. The Bertz CT molecular complexity index is 379. The molecule has 17 heavy (non-hydrogen) atoms. The van der Waals surface area contributed by atoms with Crippen LogP contribution in [-0.2, 0) is 0 Å². The normalized spacial score (nSPS) is 18.4. The van der Waals surface area contributed by atoms with E-state index in [1.54, 1.807) is 0 Å². The van der Waals surface area contributed by atoms with E-state index in [2.05, 4.69) is 28.2 Å². The molecule has 0 heterocycles. The molecule has 94 valence electrons. The molecule has 1 unspecified atom stereocenters. The molecule has 1 saturated carbocycles. The third kappa shape index (κ3) is 3.30. The summed E-state index contributed by atoms with van der Waals surface area (Å²) in [5.41, 5.74) is 0.857. The van der Waals surface area contributed by atoms with Gasteiger partial charge in [0.05, 0.1) is 15.7 Å². The van der Waals surface area contributed by atoms with Gasteiger partial charge in [0.25, 0.3) is 0 Å². The predicted molar refractivity (Wildman–Crippen MR) is 79.2 cm³/mol. The van der Waals surface area contributed by atoms with Crippen molar-refractivity contribution in [3.05, 3.63) is 26.7 Å². The Morgan fingerprint density at radius 2 is 1.76 bits per heavy atom. The number of hydrogen-bond acceptors (Lipinski definition) is 1. The molecule has 1 nitrogen and oxygen atoms in total. The fourth-order valence-electron chi connectivity index (χ4n) is 2.48. The molecule has 1 fully saturated rings. The third-order valence-corrected chi connectivity index (χ3v) is 4.54. The van der Waals surface area contributed by atoms with Crippen LogP contribution < -0.4 is 5.32 Å². The van der Waals surface area contributed by atoms with E-state index in [1.807, 2.05) is 12.1 Å². The van der Waals surface area contributed by atoms with Gasteiger partial charge < -0.3 is 5.32 Å². The summed E-state index contributed by atoms with van der Waals surface area (Å²) in [6.45, 7) is 2.21. The first-order valence-corrected chi connectivity index (χ1v) is 7.54. The van der Waals surface area contributed by atoms with E-state index < -0.39 is 0 Å². The summed E-state index contributed by atoms with van der Waals surface area (Å²) in [6.07, 6.45) is 5.30. The fourth-order valence-corrected chi connectivity index (χ4v) is 3.80. The molecule has 1 aromatic rings. The van der Waals surface area contributed by atoms with E-state index in [1.165, 1.54) is 25.7 Å². The fraction of sp³-hybridized carbons (Fsp3) is 0.538. The van der Waals surface area contributed by atoms with Gasteiger partial charge in [-0.25, -0.2) is 0 Å². The smallest absolute Gasteiger partial charge is 0.0721 e. The van der Waals surface area contributed by atoms with Gasteiger partial charge in [-0.15, -0.1) is 0 Å². The molecule has 4 heteroatoms.